The number of benzene rings is 1. The minimum Gasteiger partial charge on any atom is -0.481 e. The molecule has 0 aliphatic carbocycles. The number of urea groups is 1. The zero-order valence-corrected chi connectivity index (χ0v) is 24.2. The first-order chi connectivity index (χ1) is 19.6. The lowest BCUT2D eigenvalue weighted by atomic mass is 10.0. The molecule has 41 heavy (non-hydrogen) atoms. The molecule has 1 aromatic rings. The fraction of sp³-hybridized carbons (Fsp3) is 0.640. The number of aliphatic carboxylic acids is 1. The highest BCUT2D eigenvalue weighted by atomic mass is 32.2. The fourth-order valence-electron chi connectivity index (χ4n) is 4.56. The predicted octanol–water partition coefficient (Wildman–Crippen LogP) is 2.83. The summed E-state index contributed by atoms with van der Waals surface area (Å²) in [5, 5.41) is 34.7. The van der Waals surface area contributed by atoms with Gasteiger partial charge in [0.25, 0.3) is 11.7 Å². The molecule has 2 fully saturated rings. The van der Waals surface area contributed by atoms with Gasteiger partial charge >= 0.3 is 6.03 Å². The topological polar surface area (TPSA) is 216 Å². The van der Waals surface area contributed by atoms with Crippen LogP contribution in [0.25, 0.3) is 0 Å². The second-order valence-electron chi connectivity index (χ2n) is 9.83. The van der Waals surface area contributed by atoms with Gasteiger partial charge in [-0.3, -0.25) is 19.7 Å². The van der Waals surface area contributed by atoms with Gasteiger partial charge in [0.15, 0.2) is 10.8 Å². The monoisotopic (exact) mass is 594 g/mol. The van der Waals surface area contributed by atoms with E-state index in [4.69, 9.17) is 15.4 Å². The molecule has 0 spiro atoms. The summed E-state index contributed by atoms with van der Waals surface area (Å²) in [7, 11) is 2.01. The predicted molar refractivity (Wildman–Crippen MR) is 156 cm³/mol. The summed E-state index contributed by atoms with van der Waals surface area (Å²) in [5.74, 6) is 0.203. The minimum atomic E-state index is -0.833. The molecule has 3 rings (SSSR count). The quantitative estimate of drug-likeness (QED) is 0.0413. The lowest BCUT2D eigenvalue weighted by Crippen LogP contribution is -2.36. The fourth-order valence-corrected chi connectivity index (χ4v) is 6.11. The van der Waals surface area contributed by atoms with Crippen molar-refractivity contribution < 1.29 is 24.4 Å². The van der Waals surface area contributed by atoms with Crippen LogP contribution in [0.2, 0.25) is 0 Å². The van der Waals surface area contributed by atoms with E-state index in [0.29, 0.717) is 30.4 Å². The Labute approximate surface area is 243 Å². The second-order valence-corrected chi connectivity index (χ2v) is 11.1. The average Bonchev–Trinajstić information content (AvgIpc) is 3.46. The summed E-state index contributed by atoms with van der Waals surface area (Å²) in [4.78, 5) is 48.4. The van der Waals surface area contributed by atoms with Crippen LogP contribution in [0.1, 0.15) is 45.4 Å². The Balaban J connectivity index is 0.00000138. The SMILES string of the molecule is CC(=O)O.CN(CCCNC(=O)CCCC[C@@H]1SC[C@@H]2NC(=O)N[C@@H]21)CCCNc1ccc(N=[N+]=N)cc1[N+](=O)[O-]. The number of carboxylic acid groups (broad SMARTS) is 1. The lowest BCUT2D eigenvalue weighted by Gasteiger charge is -2.17. The zero-order chi connectivity index (χ0) is 30.2. The van der Waals surface area contributed by atoms with Crippen molar-refractivity contribution in [3.05, 3.63) is 28.3 Å². The van der Waals surface area contributed by atoms with Gasteiger partial charge in [0, 0.05) is 37.4 Å². The number of amides is 3. The third-order valence-corrected chi connectivity index (χ3v) is 8.00. The molecule has 0 radical (unpaired) electrons. The Bertz CT molecular complexity index is 1100. The van der Waals surface area contributed by atoms with Crippen molar-refractivity contribution in [2.45, 2.75) is 62.8 Å². The molecular formula is C25H40N9O6S+. The number of nitro benzene ring substituents is 1. The molecule has 2 heterocycles. The van der Waals surface area contributed by atoms with Crippen LogP contribution in [0, 0.1) is 15.6 Å². The van der Waals surface area contributed by atoms with E-state index in [2.05, 4.69) is 36.2 Å². The number of rotatable bonds is 16. The number of carbonyl (C=O) groups excluding carboxylic acids is 2. The van der Waals surface area contributed by atoms with Gasteiger partial charge in [0.1, 0.15) is 11.2 Å². The number of hydrogen-bond donors (Lipinski definition) is 6. The van der Waals surface area contributed by atoms with Gasteiger partial charge in [0.2, 0.25) is 10.8 Å². The van der Waals surface area contributed by atoms with E-state index in [1.54, 1.807) is 12.1 Å². The van der Waals surface area contributed by atoms with Gasteiger partial charge in [-0.25, -0.2) is 4.79 Å². The highest BCUT2D eigenvalue weighted by Crippen LogP contribution is 2.33. The Kier molecular flexibility index (Phi) is 14.6. The number of nitrogens with one attached hydrogen (secondary N) is 5. The Morgan fingerprint density at radius 3 is 2.63 bits per heavy atom. The maximum atomic E-state index is 12.1. The Morgan fingerprint density at radius 2 is 1.95 bits per heavy atom. The molecule has 2 aliphatic heterocycles. The minimum absolute atomic E-state index is 0.0646. The van der Waals surface area contributed by atoms with Crippen LogP contribution in [-0.2, 0) is 9.59 Å². The third-order valence-electron chi connectivity index (χ3n) is 6.49. The van der Waals surface area contributed by atoms with E-state index >= 15 is 0 Å². The molecule has 3 amide bonds. The lowest BCUT2D eigenvalue weighted by molar-refractivity contribution is -0.383. The molecule has 0 aromatic heterocycles. The smallest absolute Gasteiger partial charge is 0.315 e. The molecular weight excluding hydrogens is 554 g/mol. The normalized spacial score (nSPS) is 18.7. The molecule has 15 nitrogen and oxygen atoms in total. The van der Waals surface area contributed by atoms with Gasteiger partial charge in [-0.15, -0.1) is 0 Å². The molecule has 0 saturated carbocycles. The number of hydrogen-bond acceptors (Lipinski definition) is 10. The zero-order valence-electron chi connectivity index (χ0n) is 23.4. The van der Waals surface area contributed by atoms with Crippen molar-refractivity contribution >= 4 is 46.7 Å². The van der Waals surface area contributed by atoms with E-state index < -0.39 is 10.9 Å². The van der Waals surface area contributed by atoms with Crippen LogP contribution in [0.4, 0.5) is 21.9 Å². The first-order valence-corrected chi connectivity index (χ1v) is 14.6. The Morgan fingerprint density at radius 1 is 1.24 bits per heavy atom. The van der Waals surface area contributed by atoms with Crippen molar-refractivity contribution in [1.29, 1.82) is 5.53 Å². The molecule has 0 unspecified atom stereocenters. The number of carboxylic acids is 1. The summed E-state index contributed by atoms with van der Waals surface area (Å²) in [5.41, 5.74) is 7.32. The molecule has 2 saturated heterocycles. The number of nitrogens with zero attached hydrogens (tertiary/aromatic N) is 4. The van der Waals surface area contributed by atoms with Crippen LogP contribution in [0.3, 0.4) is 0 Å². The largest absolute Gasteiger partial charge is 0.481 e. The molecule has 3 atom stereocenters. The number of thioether (sulfide) groups is 1. The summed E-state index contributed by atoms with van der Waals surface area (Å²) in [6.45, 7) is 3.95. The van der Waals surface area contributed by atoms with Crippen molar-refractivity contribution in [2.75, 3.05) is 44.3 Å². The first kappa shape index (κ1) is 33.5. The van der Waals surface area contributed by atoms with Gasteiger partial charge in [-0.05, 0) is 58.0 Å². The van der Waals surface area contributed by atoms with Crippen molar-refractivity contribution in [1.82, 2.24) is 25.8 Å². The van der Waals surface area contributed by atoms with E-state index in [1.165, 1.54) is 6.07 Å². The third kappa shape index (κ3) is 12.5. The molecule has 1 aromatic carbocycles. The number of unbranched alkanes of at least 4 members (excludes halogenated alkanes) is 1. The maximum absolute atomic E-state index is 12.1. The standard InChI is InChI=1S/C23H35N9O4S.C2H4O2/c1-31(12-4-10-25-17-9-8-16(29-30-24)14-19(17)32(35)36)13-5-11-26-21(33)7-3-2-6-20-22-18(15-37-20)27-23(34)28-22;1-2(3)4/h8-9,14,18,20,22,24H,2-7,10-13,15H2,1H3,(H3,26,27,28,33,34);1H3,(H,3,4)/p+1/t18-,20-,22-;/m0./s1. The van der Waals surface area contributed by atoms with Gasteiger partial charge in [0.05, 0.1) is 23.1 Å². The van der Waals surface area contributed by atoms with Crippen LogP contribution in [-0.4, -0.2) is 89.2 Å². The average molecular weight is 595 g/mol. The second kappa shape index (κ2) is 17.8. The van der Waals surface area contributed by atoms with Crippen molar-refractivity contribution in [2.24, 2.45) is 5.11 Å². The number of nitro groups is 1. The van der Waals surface area contributed by atoms with E-state index in [-0.39, 0.29) is 35.4 Å². The summed E-state index contributed by atoms with van der Waals surface area (Å²) in [6.07, 6.45) is 5.01. The van der Waals surface area contributed by atoms with E-state index in [9.17, 15) is 19.7 Å². The van der Waals surface area contributed by atoms with Gasteiger partial charge in [-0.1, -0.05) is 6.42 Å². The van der Waals surface area contributed by atoms with Gasteiger partial charge in [-0.2, -0.15) is 11.8 Å². The number of fused-ring (bicyclic) bond motifs is 1. The molecule has 2 aliphatic rings. The van der Waals surface area contributed by atoms with Crippen LogP contribution < -0.4 is 26.2 Å². The van der Waals surface area contributed by atoms with Crippen LogP contribution in [0.15, 0.2) is 23.3 Å². The van der Waals surface area contributed by atoms with Crippen LogP contribution >= 0.6 is 11.8 Å². The van der Waals surface area contributed by atoms with E-state index in [0.717, 1.165) is 57.9 Å². The summed E-state index contributed by atoms with van der Waals surface area (Å²) < 4.78 is 0. The maximum Gasteiger partial charge on any atom is 0.315 e. The number of carbonyl (C=O) groups is 3. The highest BCUT2D eigenvalue weighted by molar-refractivity contribution is 8.00. The van der Waals surface area contributed by atoms with E-state index in [1.807, 2.05) is 18.8 Å². The van der Waals surface area contributed by atoms with Crippen molar-refractivity contribution in [3.8, 4) is 0 Å². The molecule has 0 bridgehead atoms. The molecule has 16 heteroatoms. The van der Waals surface area contributed by atoms with Crippen molar-refractivity contribution in [3.63, 3.8) is 0 Å². The first-order valence-electron chi connectivity index (χ1n) is 13.5. The summed E-state index contributed by atoms with van der Waals surface area (Å²) in [6, 6.07) is 4.84. The van der Waals surface area contributed by atoms with Crippen LogP contribution in [0.5, 0.6) is 0 Å². The van der Waals surface area contributed by atoms with Gasteiger partial charge < -0.3 is 31.3 Å². The number of anilines is 1. The molecule has 6 N–H and O–H groups in total. The summed E-state index contributed by atoms with van der Waals surface area (Å²) >= 11 is 1.90. The Hall–Kier alpha value is -3.75. The highest BCUT2D eigenvalue weighted by Gasteiger charge is 2.42. The molecule has 226 valence electrons.